The number of nitrogen functional groups attached to an aromatic ring is 1. The van der Waals surface area contributed by atoms with E-state index in [9.17, 15) is 0 Å². The van der Waals surface area contributed by atoms with Crippen LogP contribution < -0.4 is 11.5 Å². The minimum atomic E-state index is 0.142. The molecule has 54 valence electrons. The fourth-order valence-electron chi connectivity index (χ4n) is 1.27. The van der Waals surface area contributed by atoms with Crippen LogP contribution in [0, 0.1) is 0 Å². The molecule has 0 radical (unpaired) electrons. The molecule has 2 rings (SSSR count). The third-order valence-electron chi connectivity index (χ3n) is 1.78. The average Bonchev–Trinajstić information content (AvgIpc) is 2.35. The normalized spacial score (nSPS) is 23.1. The zero-order chi connectivity index (χ0) is 7.14. The summed E-state index contributed by atoms with van der Waals surface area (Å²) in [7, 11) is 0. The van der Waals surface area contributed by atoms with E-state index >= 15 is 0 Å². The molecule has 10 heavy (non-hydrogen) atoms. The highest BCUT2D eigenvalue weighted by Gasteiger charge is 2.22. The minimum Gasteiger partial charge on any atom is -0.375 e. The number of nitrogens with zero attached hydrogens (tertiary/aromatic N) is 1. The van der Waals surface area contributed by atoms with Crippen LogP contribution in [0.2, 0.25) is 0 Å². The van der Waals surface area contributed by atoms with Crippen molar-refractivity contribution >= 4 is 16.5 Å². The molecule has 1 aliphatic rings. The summed E-state index contributed by atoms with van der Waals surface area (Å²) in [5.41, 5.74) is 12.3. The van der Waals surface area contributed by atoms with Crippen molar-refractivity contribution in [3.8, 4) is 0 Å². The Bertz CT molecular complexity index is 255. The van der Waals surface area contributed by atoms with Gasteiger partial charge in [-0.1, -0.05) is 0 Å². The van der Waals surface area contributed by atoms with Crippen molar-refractivity contribution in [1.82, 2.24) is 4.98 Å². The van der Waals surface area contributed by atoms with E-state index < -0.39 is 0 Å². The van der Waals surface area contributed by atoms with Gasteiger partial charge in [-0.25, -0.2) is 4.98 Å². The van der Waals surface area contributed by atoms with Gasteiger partial charge in [-0.15, -0.1) is 11.3 Å². The lowest BCUT2D eigenvalue weighted by molar-refractivity contribution is 0.698. The third kappa shape index (κ3) is 0.726. The van der Waals surface area contributed by atoms with Crippen molar-refractivity contribution in [2.45, 2.75) is 18.9 Å². The Morgan fingerprint density at radius 2 is 2.40 bits per heavy atom. The van der Waals surface area contributed by atoms with Crippen LogP contribution in [0.4, 0.5) is 5.13 Å². The Kier molecular flexibility index (Phi) is 1.18. The van der Waals surface area contributed by atoms with Gasteiger partial charge in [0, 0.05) is 10.9 Å². The Balaban J connectivity index is 2.49. The first-order valence-corrected chi connectivity index (χ1v) is 4.09. The summed E-state index contributed by atoms with van der Waals surface area (Å²) in [6.45, 7) is 0. The number of thiazole rings is 1. The Morgan fingerprint density at radius 3 is 3.10 bits per heavy atom. The molecule has 1 aliphatic carbocycles. The molecule has 1 unspecified atom stereocenters. The van der Waals surface area contributed by atoms with Crippen LogP contribution in [0.3, 0.4) is 0 Å². The highest BCUT2D eigenvalue weighted by molar-refractivity contribution is 7.15. The molecule has 1 atom stereocenters. The maximum Gasteiger partial charge on any atom is 0.180 e. The molecule has 0 amide bonds. The Hall–Kier alpha value is -0.610. The number of aromatic nitrogens is 1. The van der Waals surface area contributed by atoms with Gasteiger partial charge in [0.2, 0.25) is 0 Å². The molecule has 0 bridgehead atoms. The molecule has 0 saturated heterocycles. The predicted molar refractivity (Wildman–Crippen MR) is 41.8 cm³/mol. The quantitative estimate of drug-likeness (QED) is 0.578. The van der Waals surface area contributed by atoms with Gasteiger partial charge < -0.3 is 11.5 Å². The number of aryl methyl sites for hydroxylation is 1. The molecular weight excluding hydrogens is 146 g/mol. The molecule has 1 heterocycles. The van der Waals surface area contributed by atoms with E-state index in [1.165, 1.54) is 4.88 Å². The molecular formula is C6H9N3S. The summed E-state index contributed by atoms with van der Waals surface area (Å²) >= 11 is 1.57. The highest BCUT2D eigenvalue weighted by atomic mass is 32.1. The average molecular weight is 155 g/mol. The minimum absolute atomic E-state index is 0.142. The standard InChI is InChI=1S/C6H9N3S/c7-3-1-2-4-5(3)9-6(8)10-4/h3H,1-2,7H2,(H2,8,9). The first-order valence-electron chi connectivity index (χ1n) is 3.28. The van der Waals surface area contributed by atoms with Crippen molar-refractivity contribution < 1.29 is 0 Å². The molecule has 0 spiro atoms. The van der Waals surface area contributed by atoms with Crippen LogP contribution in [-0.4, -0.2) is 4.98 Å². The zero-order valence-electron chi connectivity index (χ0n) is 5.50. The maximum absolute atomic E-state index is 5.75. The summed E-state index contributed by atoms with van der Waals surface area (Å²) in [6, 6.07) is 0.142. The number of hydrogen-bond acceptors (Lipinski definition) is 4. The summed E-state index contributed by atoms with van der Waals surface area (Å²) in [5, 5.41) is 0.653. The number of anilines is 1. The monoisotopic (exact) mass is 155 g/mol. The Labute approximate surface area is 63.1 Å². The van der Waals surface area contributed by atoms with Gasteiger partial charge in [-0.3, -0.25) is 0 Å². The summed E-state index contributed by atoms with van der Waals surface area (Å²) in [5.74, 6) is 0. The molecule has 0 saturated carbocycles. The van der Waals surface area contributed by atoms with Crippen LogP contribution in [0.5, 0.6) is 0 Å². The van der Waals surface area contributed by atoms with Gasteiger partial charge in [0.25, 0.3) is 0 Å². The molecule has 0 aliphatic heterocycles. The van der Waals surface area contributed by atoms with Crippen molar-refractivity contribution in [2.24, 2.45) is 5.73 Å². The van der Waals surface area contributed by atoms with E-state index in [0.717, 1.165) is 18.5 Å². The van der Waals surface area contributed by atoms with E-state index in [0.29, 0.717) is 5.13 Å². The lowest BCUT2D eigenvalue weighted by atomic mass is 10.3. The van der Waals surface area contributed by atoms with Crippen molar-refractivity contribution in [1.29, 1.82) is 0 Å². The summed E-state index contributed by atoms with van der Waals surface area (Å²) < 4.78 is 0. The second-order valence-corrected chi connectivity index (χ2v) is 3.62. The number of rotatable bonds is 0. The largest absolute Gasteiger partial charge is 0.375 e. The van der Waals surface area contributed by atoms with Crippen LogP contribution >= 0.6 is 11.3 Å². The van der Waals surface area contributed by atoms with E-state index in [-0.39, 0.29) is 6.04 Å². The zero-order valence-corrected chi connectivity index (χ0v) is 6.32. The molecule has 1 aromatic rings. The molecule has 3 nitrogen and oxygen atoms in total. The van der Waals surface area contributed by atoms with Gasteiger partial charge in [-0.05, 0) is 12.8 Å². The molecule has 1 aromatic heterocycles. The fraction of sp³-hybridized carbons (Fsp3) is 0.500. The smallest absolute Gasteiger partial charge is 0.180 e. The Morgan fingerprint density at radius 1 is 1.60 bits per heavy atom. The number of hydrogen-bond donors (Lipinski definition) is 2. The maximum atomic E-state index is 5.75. The van der Waals surface area contributed by atoms with Crippen molar-refractivity contribution in [2.75, 3.05) is 5.73 Å². The topological polar surface area (TPSA) is 64.9 Å². The first kappa shape index (κ1) is 6.12. The molecule has 0 aromatic carbocycles. The first-order chi connectivity index (χ1) is 4.77. The second-order valence-electron chi connectivity index (χ2n) is 2.51. The second kappa shape index (κ2) is 1.93. The highest BCUT2D eigenvalue weighted by Crippen LogP contribution is 2.33. The number of nitrogens with two attached hydrogens (primary N) is 2. The van der Waals surface area contributed by atoms with Gasteiger partial charge in [0.1, 0.15) is 0 Å². The third-order valence-corrected chi connectivity index (χ3v) is 2.74. The summed E-state index contributed by atoms with van der Waals surface area (Å²) in [4.78, 5) is 5.43. The molecule has 0 fully saturated rings. The van der Waals surface area contributed by atoms with Crippen LogP contribution in [0.15, 0.2) is 0 Å². The van der Waals surface area contributed by atoms with Crippen LogP contribution in [0.25, 0.3) is 0 Å². The van der Waals surface area contributed by atoms with E-state index in [4.69, 9.17) is 11.5 Å². The molecule has 4 heteroatoms. The lowest BCUT2D eigenvalue weighted by Crippen LogP contribution is -2.06. The van der Waals surface area contributed by atoms with E-state index in [1.807, 2.05) is 0 Å². The van der Waals surface area contributed by atoms with Crippen molar-refractivity contribution in [3.63, 3.8) is 0 Å². The number of fused-ring (bicyclic) bond motifs is 1. The summed E-state index contributed by atoms with van der Waals surface area (Å²) in [6.07, 6.45) is 2.10. The van der Waals surface area contributed by atoms with Crippen LogP contribution in [0.1, 0.15) is 23.0 Å². The van der Waals surface area contributed by atoms with Gasteiger partial charge >= 0.3 is 0 Å². The SMILES string of the molecule is Nc1nc2c(s1)CCC2N. The fourth-order valence-corrected chi connectivity index (χ4v) is 2.19. The van der Waals surface area contributed by atoms with E-state index in [1.54, 1.807) is 11.3 Å². The van der Waals surface area contributed by atoms with Gasteiger partial charge in [0.15, 0.2) is 5.13 Å². The lowest BCUT2D eigenvalue weighted by Gasteiger charge is -1.96. The van der Waals surface area contributed by atoms with Crippen molar-refractivity contribution in [3.05, 3.63) is 10.6 Å². The van der Waals surface area contributed by atoms with E-state index in [2.05, 4.69) is 4.98 Å². The van der Waals surface area contributed by atoms with Gasteiger partial charge in [-0.2, -0.15) is 0 Å². The van der Waals surface area contributed by atoms with Crippen LogP contribution in [-0.2, 0) is 6.42 Å². The molecule has 4 N–H and O–H groups in total. The predicted octanol–water partition coefficient (Wildman–Crippen LogP) is 0.671. The van der Waals surface area contributed by atoms with Gasteiger partial charge in [0.05, 0.1) is 5.69 Å².